The summed E-state index contributed by atoms with van der Waals surface area (Å²) in [5, 5.41) is 25.9. The molecule has 5 amide bonds. The smallest absolute Gasteiger partial charge is 0.328 e. The van der Waals surface area contributed by atoms with Crippen LogP contribution in [-0.4, -0.2) is 97.5 Å². The minimum Gasteiger partial charge on any atom is -0.480 e. The second-order valence-corrected chi connectivity index (χ2v) is 10.8. The largest absolute Gasteiger partial charge is 0.480 e. The second-order valence-electron chi connectivity index (χ2n) is 9.04. The Morgan fingerprint density at radius 3 is 2.27 bits per heavy atom. The molecule has 200 valence electrons. The molecule has 2 aliphatic rings. The molecule has 0 saturated carbocycles. The zero-order chi connectivity index (χ0) is 27.5. The van der Waals surface area contributed by atoms with Gasteiger partial charge < -0.3 is 25.7 Å². The summed E-state index contributed by atoms with van der Waals surface area (Å²) < 4.78 is -0.866. The second kappa shape index (κ2) is 11.2. The number of benzene rings is 1. The summed E-state index contributed by atoms with van der Waals surface area (Å²) >= 11 is 1.06. The summed E-state index contributed by atoms with van der Waals surface area (Å²) in [7, 11) is 0. The third-order valence-corrected chi connectivity index (χ3v) is 7.67. The van der Waals surface area contributed by atoms with Gasteiger partial charge in [0.05, 0.1) is 5.37 Å². The van der Waals surface area contributed by atoms with Gasteiger partial charge in [-0.25, -0.2) is 9.59 Å². The summed E-state index contributed by atoms with van der Waals surface area (Å²) in [5.74, 6) is -5.33. The van der Waals surface area contributed by atoms with E-state index in [2.05, 4.69) is 16.0 Å². The molecule has 0 aromatic heterocycles. The number of carbonyl (C=O) groups excluding carboxylic acids is 4. The van der Waals surface area contributed by atoms with Crippen molar-refractivity contribution >= 4 is 47.5 Å². The monoisotopic (exact) mass is 535 g/mol. The minimum absolute atomic E-state index is 0.0700. The molecule has 0 bridgehead atoms. The predicted octanol–water partition coefficient (Wildman–Crippen LogP) is -0.408. The van der Waals surface area contributed by atoms with Crippen molar-refractivity contribution in [1.29, 1.82) is 0 Å². The predicted molar refractivity (Wildman–Crippen MR) is 131 cm³/mol. The summed E-state index contributed by atoms with van der Waals surface area (Å²) in [6.07, 6.45) is 0. The molecule has 1 aromatic rings. The molecule has 14 heteroatoms. The first-order valence-electron chi connectivity index (χ1n) is 11.5. The molecular formula is C23H29N5O8S. The molecule has 0 aliphatic carbocycles. The molecule has 0 spiro atoms. The Labute approximate surface area is 216 Å². The number of imide groups is 1. The Hall–Kier alpha value is -3.65. The lowest BCUT2D eigenvalue weighted by molar-refractivity contribution is -0.153. The highest BCUT2D eigenvalue weighted by Crippen LogP contribution is 2.39. The molecule has 3 rings (SSSR count). The maximum absolute atomic E-state index is 13.3. The molecule has 5 N–H and O–H groups in total. The van der Waals surface area contributed by atoms with Crippen LogP contribution >= 0.6 is 11.8 Å². The lowest BCUT2D eigenvalue weighted by Gasteiger charge is -2.33. The lowest BCUT2D eigenvalue weighted by Crippen LogP contribution is -2.60. The zero-order valence-corrected chi connectivity index (χ0v) is 21.3. The molecule has 0 unspecified atom stereocenters. The van der Waals surface area contributed by atoms with Gasteiger partial charge in [-0.15, -0.1) is 11.8 Å². The van der Waals surface area contributed by atoms with Crippen LogP contribution in [0.4, 0.5) is 4.79 Å². The fraction of sp³-hybridized carbons (Fsp3) is 0.478. The van der Waals surface area contributed by atoms with E-state index in [4.69, 9.17) is 0 Å². The van der Waals surface area contributed by atoms with Crippen molar-refractivity contribution in [3.8, 4) is 0 Å². The number of carboxylic acids is 2. The van der Waals surface area contributed by atoms with E-state index in [-0.39, 0.29) is 13.1 Å². The molecule has 2 aliphatic heterocycles. The molecule has 13 nitrogen and oxygen atoms in total. The Balaban J connectivity index is 1.82. The molecule has 1 aromatic carbocycles. The first-order chi connectivity index (χ1) is 17.4. The third-order valence-electron chi connectivity index (χ3n) is 6.17. The van der Waals surface area contributed by atoms with Gasteiger partial charge in [0.15, 0.2) is 6.04 Å². The number of rotatable bonds is 8. The van der Waals surface area contributed by atoms with Crippen molar-refractivity contribution in [3.05, 3.63) is 35.9 Å². The van der Waals surface area contributed by atoms with Gasteiger partial charge in [-0.05, 0) is 26.3 Å². The van der Waals surface area contributed by atoms with Crippen LogP contribution in [0, 0.1) is 0 Å². The number of nitrogens with zero attached hydrogens (tertiary/aromatic N) is 2. The Morgan fingerprint density at radius 1 is 1.08 bits per heavy atom. The molecule has 2 saturated heterocycles. The topological polar surface area (TPSA) is 185 Å². The summed E-state index contributed by atoms with van der Waals surface area (Å²) in [4.78, 5) is 76.7. The van der Waals surface area contributed by atoms with Gasteiger partial charge in [0.2, 0.25) is 5.91 Å². The number of carboxylic acid groups (broad SMARTS) is 2. The Morgan fingerprint density at radius 2 is 1.73 bits per heavy atom. The van der Waals surface area contributed by atoms with Crippen LogP contribution in [0.3, 0.4) is 0 Å². The van der Waals surface area contributed by atoms with Crippen LogP contribution in [-0.2, 0) is 24.0 Å². The van der Waals surface area contributed by atoms with Crippen LogP contribution in [0.1, 0.15) is 32.4 Å². The SMILES string of the molecule is CCN1CCN(C(=O)N[C@@H](C(=O)N[C@H](C(=O)O)[C@H]2N[C@@H](C(=O)O)C(C)(C)S2)c2ccccc2)C(=O)C1=O. The maximum atomic E-state index is 13.3. The van der Waals surface area contributed by atoms with E-state index < -0.39 is 63.9 Å². The van der Waals surface area contributed by atoms with E-state index in [1.54, 1.807) is 39.0 Å². The number of carbonyl (C=O) groups is 6. The van der Waals surface area contributed by atoms with Crippen LogP contribution in [0.5, 0.6) is 0 Å². The molecular weight excluding hydrogens is 506 g/mol. The number of likely N-dealkylation sites (N-methyl/N-ethyl adjacent to an activating group) is 1. The fourth-order valence-electron chi connectivity index (χ4n) is 4.15. The van der Waals surface area contributed by atoms with Gasteiger partial charge >= 0.3 is 29.8 Å². The zero-order valence-electron chi connectivity index (χ0n) is 20.5. The van der Waals surface area contributed by atoms with Gasteiger partial charge in [0.1, 0.15) is 12.1 Å². The molecule has 2 fully saturated rings. The maximum Gasteiger partial charge on any atom is 0.328 e. The van der Waals surface area contributed by atoms with Crippen LogP contribution in [0.25, 0.3) is 0 Å². The minimum atomic E-state index is -1.54. The number of hydrogen-bond acceptors (Lipinski definition) is 8. The van der Waals surface area contributed by atoms with Crippen molar-refractivity contribution in [3.63, 3.8) is 0 Å². The molecule has 2 heterocycles. The van der Waals surface area contributed by atoms with Gasteiger partial charge in [-0.1, -0.05) is 30.3 Å². The molecule has 37 heavy (non-hydrogen) atoms. The van der Waals surface area contributed by atoms with Crippen molar-refractivity contribution in [2.45, 2.75) is 49.0 Å². The summed E-state index contributed by atoms with van der Waals surface area (Å²) in [5.41, 5.74) is 0.305. The van der Waals surface area contributed by atoms with E-state index in [1.165, 1.54) is 17.0 Å². The number of piperazine rings is 1. The quantitative estimate of drug-likeness (QED) is 0.274. The normalized spacial score (nSPS) is 22.8. The van der Waals surface area contributed by atoms with E-state index in [1.807, 2.05) is 0 Å². The Kier molecular flexibility index (Phi) is 8.43. The van der Waals surface area contributed by atoms with Crippen molar-refractivity contribution in [2.24, 2.45) is 0 Å². The van der Waals surface area contributed by atoms with E-state index in [0.29, 0.717) is 17.0 Å². The van der Waals surface area contributed by atoms with Crippen molar-refractivity contribution < 1.29 is 39.0 Å². The van der Waals surface area contributed by atoms with E-state index >= 15 is 0 Å². The van der Waals surface area contributed by atoms with Crippen molar-refractivity contribution in [2.75, 3.05) is 19.6 Å². The number of urea groups is 1. The van der Waals surface area contributed by atoms with E-state index in [9.17, 15) is 39.0 Å². The third kappa shape index (κ3) is 6.02. The van der Waals surface area contributed by atoms with Crippen LogP contribution in [0.15, 0.2) is 30.3 Å². The number of amides is 5. The number of hydrogen-bond donors (Lipinski definition) is 5. The molecule has 4 atom stereocenters. The Bertz CT molecular complexity index is 1100. The summed E-state index contributed by atoms with van der Waals surface area (Å²) in [6.45, 7) is 5.37. The molecule has 0 radical (unpaired) electrons. The number of nitrogens with one attached hydrogen (secondary N) is 3. The first kappa shape index (κ1) is 27.9. The standard InChI is InChI=1S/C23H29N5O8S/c1-4-27-10-11-28(19(31)18(27)30)22(36)25-13(12-8-6-5-7-9-12)16(29)24-14(20(32)33)17-26-15(21(34)35)23(2,3)37-17/h5-9,13-15,17,26H,4,10-11H2,1-3H3,(H,24,29)(H,25,36)(H,32,33)(H,34,35)/t13-,14+,15+,17+/m1/s1. The van der Waals surface area contributed by atoms with Gasteiger partial charge in [-0.2, -0.15) is 0 Å². The highest BCUT2D eigenvalue weighted by Gasteiger charge is 2.50. The van der Waals surface area contributed by atoms with Crippen molar-refractivity contribution in [1.82, 2.24) is 25.8 Å². The van der Waals surface area contributed by atoms with Crippen LogP contribution in [0.2, 0.25) is 0 Å². The fourth-order valence-corrected chi connectivity index (χ4v) is 5.63. The average molecular weight is 536 g/mol. The summed E-state index contributed by atoms with van der Waals surface area (Å²) in [6, 6.07) is 2.99. The number of thioether (sulfide) groups is 1. The number of aliphatic carboxylic acids is 2. The first-order valence-corrected chi connectivity index (χ1v) is 12.4. The van der Waals surface area contributed by atoms with Gasteiger partial charge in [0, 0.05) is 24.4 Å². The average Bonchev–Trinajstić information content (AvgIpc) is 3.17. The highest BCUT2D eigenvalue weighted by molar-refractivity contribution is 8.01. The van der Waals surface area contributed by atoms with Gasteiger partial charge in [-0.3, -0.25) is 29.4 Å². The van der Waals surface area contributed by atoms with Crippen LogP contribution < -0.4 is 16.0 Å². The van der Waals surface area contributed by atoms with E-state index in [0.717, 1.165) is 11.8 Å². The highest BCUT2D eigenvalue weighted by atomic mass is 32.2. The van der Waals surface area contributed by atoms with Gasteiger partial charge in [0.25, 0.3) is 0 Å². The lowest BCUT2D eigenvalue weighted by atomic mass is 10.0.